The highest BCUT2D eigenvalue weighted by Gasteiger charge is 2.05. The van der Waals surface area contributed by atoms with Crippen LogP contribution >= 0.6 is 0 Å². The molecule has 130 valence electrons. The molecule has 1 N–H and O–H groups in total. The quantitative estimate of drug-likeness (QED) is 0.541. The molecule has 0 unspecified atom stereocenters. The Bertz CT molecular complexity index is 731. The summed E-state index contributed by atoms with van der Waals surface area (Å²) < 4.78 is 0. The van der Waals surface area contributed by atoms with E-state index in [0.29, 0.717) is 0 Å². The molecule has 0 aromatic heterocycles. The van der Waals surface area contributed by atoms with Gasteiger partial charge in [0, 0.05) is 18.3 Å². The van der Waals surface area contributed by atoms with Crippen molar-refractivity contribution >= 4 is 11.8 Å². The fourth-order valence-corrected chi connectivity index (χ4v) is 2.45. The van der Waals surface area contributed by atoms with Gasteiger partial charge in [-0.2, -0.15) is 0 Å². The molecule has 1 nitrogen and oxygen atoms in total. The Hall–Kier alpha value is -2.80. The average molecular weight is 332 g/mol. The predicted octanol–water partition coefficient (Wildman–Crippen LogP) is 7.06. The standard InChI is InChI=1S/C14H15N.C8H8.C2H6/c1-11-7-6-10-13(15-2)14(11)12-8-4-3-5-9-12;1-2-8-6-4-3-5-7-8;1-2/h3-10,15H,1-2H3;2-7H,1H2;1-2H3. The third-order valence-electron chi connectivity index (χ3n) is 3.64. The summed E-state index contributed by atoms with van der Waals surface area (Å²) in [4.78, 5) is 0. The van der Waals surface area contributed by atoms with Crippen LogP contribution in [0.5, 0.6) is 0 Å². The van der Waals surface area contributed by atoms with Crippen molar-refractivity contribution in [1.29, 1.82) is 0 Å². The molecule has 0 spiro atoms. The van der Waals surface area contributed by atoms with Crippen LogP contribution < -0.4 is 5.32 Å². The fraction of sp³-hybridized carbons (Fsp3) is 0.167. The van der Waals surface area contributed by atoms with Gasteiger partial charge in [-0.05, 0) is 29.7 Å². The highest BCUT2D eigenvalue weighted by Crippen LogP contribution is 2.30. The van der Waals surface area contributed by atoms with Crippen LogP contribution in [0.2, 0.25) is 0 Å². The number of rotatable bonds is 3. The van der Waals surface area contributed by atoms with E-state index in [9.17, 15) is 0 Å². The monoisotopic (exact) mass is 331 g/mol. The Balaban J connectivity index is 0.000000264. The Morgan fingerprint density at radius 1 is 0.760 bits per heavy atom. The summed E-state index contributed by atoms with van der Waals surface area (Å²) >= 11 is 0. The normalized spacial score (nSPS) is 8.96. The summed E-state index contributed by atoms with van der Waals surface area (Å²) in [6.07, 6.45) is 1.83. The summed E-state index contributed by atoms with van der Waals surface area (Å²) in [5, 5.41) is 3.23. The first-order valence-corrected chi connectivity index (χ1v) is 8.76. The van der Waals surface area contributed by atoms with Gasteiger partial charge in [-0.15, -0.1) is 0 Å². The third-order valence-corrected chi connectivity index (χ3v) is 3.64. The van der Waals surface area contributed by atoms with Gasteiger partial charge in [0.25, 0.3) is 0 Å². The van der Waals surface area contributed by atoms with E-state index in [2.05, 4.69) is 61.3 Å². The number of hydrogen-bond acceptors (Lipinski definition) is 1. The van der Waals surface area contributed by atoms with E-state index in [0.717, 1.165) is 0 Å². The molecule has 0 aliphatic rings. The van der Waals surface area contributed by atoms with Crippen LogP contribution in [0.4, 0.5) is 5.69 Å². The minimum absolute atomic E-state index is 1.17. The zero-order chi connectivity index (χ0) is 18.5. The second kappa shape index (κ2) is 11.7. The van der Waals surface area contributed by atoms with Crippen molar-refractivity contribution in [2.24, 2.45) is 0 Å². The van der Waals surface area contributed by atoms with Gasteiger partial charge in [-0.25, -0.2) is 0 Å². The van der Waals surface area contributed by atoms with E-state index >= 15 is 0 Å². The van der Waals surface area contributed by atoms with Gasteiger partial charge in [0.2, 0.25) is 0 Å². The summed E-state index contributed by atoms with van der Waals surface area (Å²) in [6.45, 7) is 9.77. The van der Waals surface area contributed by atoms with Gasteiger partial charge >= 0.3 is 0 Å². The second-order valence-electron chi connectivity index (χ2n) is 5.23. The van der Waals surface area contributed by atoms with Gasteiger partial charge in [0.05, 0.1) is 0 Å². The Morgan fingerprint density at radius 2 is 1.32 bits per heavy atom. The van der Waals surface area contributed by atoms with E-state index in [1.54, 1.807) is 0 Å². The van der Waals surface area contributed by atoms with Crippen molar-refractivity contribution < 1.29 is 0 Å². The maximum absolute atomic E-state index is 3.63. The number of hydrogen-bond donors (Lipinski definition) is 1. The Labute approximate surface area is 153 Å². The van der Waals surface area contributed by atoms with Crippen LogP contribution in [-0.2, 0) is 0 Å². The summed E-state index contributed by atoms with van der Waals surface area (Å²) in [7, 11) is 1.96. The van der Waals surface area contributed by atoms with E-state index in [1.165, 1.54) is 27.9 Å². The SMILES string of the molecule is C=Cc1ccccc1.CC.CNc1cccc(C)c1-c1ccccc1. The van der Waals surface area contributed by atoms with Crippen molar-refractivity contribution in [2.75, 3.05) is 12.4 Å². The lowest BCUT2D eigenvalue weighted by atomic mass is 9.99. The summed E-state index contributed by atoms with van der Waals surface area (Å²) in [5.41, 5.74) is 6.21. The maximum Gasteiger partial charge on any atom is 0.0419 e. The minimum atomic E-state index is 1.17. The van der Waals surface area contributed by atoms with E-state index in [-0.39, 0.29) is 0 Å². The smallest absolute Gasteiger partial charge is 0.0419 e. The van der Waals surface area contributed by atoms with Crippen LogP contribution in [0.25, 0.3) is 17.2 Å². The van der Waals surface area contributed by atoms with Crippen molar-refractivity contribution in [1.82, 2.24) is 0 Å². The molecule has 0 bridgehead atoms. The summed E-state index contributed by atoms with van der Waals surface area (Å²) in [6, 6.07) is 26.8. The molecule has 0 aliphatic heterocycles. The highest BCUT2D eigenvalue weighted by atomic mass is 14.8. The zero-order valence-corrected chi connectivity index (χ0v) is 15.8. The third kappa shape index (κ3) is 6.31. The van der Waals surface area contributed by atoms with Crippen LogP contribution in [0, 0.1) is 6.92 Å². The van der Waals surface area contributed by atoms with Crippen molar-refractivity contribution in [3.8, 4) is 11.1 Å². The molecule has 0 amide bonds. The zero-order valence-electron chi connectivity index (χ0n) is 15.8. The molecular weight excluding hydrogens is 302 g/mol. The number of aryl methyl sites for hydroxylation is 1. The molecule has 25 heavy (non-hydrogen) atoms. The molecule has 0 aliphatic carbocycles. The largest absolute Gasteiger partial charge is 0.388 e. The van der Waals surface area contributed by atoms with E-state index in [4.69, 9.17) is 0 Å². The van der Waals surface area contributed by atoms with Gasteiger partial charge in [-0.1, -0.05) is 99.3 Å². The van der Waals surface area contributed by atoms with Crippen molar-refractivity contribution in [3.63, 3.8) is 0 Å². The molecule has 0 heterocycles. The Kier molecular flexibility index (Phi) is 9.47. The average Bonchev–Trinajstić information content (AvgIpc) is 2.71. The first-order chi connectivity index (χ1) is 12.3. The molecule has 0 radical (unpaired) electrons. The minimum Gasteiger partial charge on any atom is -0.388 e. The number of benzene rings is 3. The first-order valence-electron chi connectivity index (χ1n) is 8.76. The maximum atomic E-state index is 3.63. The highest BCUT2D eigenvalue weighted by molar-refractivity contribution is 5.80. The number of nitrogens with one attached hydrogen (secondary N) is 1. The molecule has 3 aromatic rings. The second-order valence-corrected chi connectivity index (χ2v) is 5.23. The Morgan fingerprint density at radius 3 is 1.80 bits per heavy atom. The van der Waals surface area contributed by atoms with Crippen LogP contribution in [0.1, 0.15) is 25.0 Å². The van der Waals surface area contributed by atoms with Gasteiger partial charge in [0.15, 0.2) is 0 Å². The molecule has 0 saturated carbocycles. The topological polar surface area (TPSA) is 12.0 Å². The van der Waals surface area contributed by atoms with Crippen LogP contribution in [0.15, 0.2) is 85.4 Å². The first kappa shape index (κ1) is 20.2. The molecule has 0 saturated heterocycles. The molecule has 3 aromatic carbocycles. The molecule has 0 atom stereocenters. The lowest BCUT2D eigenvalue weighted by molar-refractivity contribution is 1.42. The molecule has 1 heteroatoms. The number of anilines is 1. The van der Waals surface area contributed by atoms with Gasteiger partial charge < -0.3 is 5.32 Å². The van der Waals surface area contributed by atoms with E-state index < -0.39 is 0 Å². The lowest BCUT2D eigenvalue weighted by Crippen LogP contribution is -1.93. The van der Waals surface area contributed by atoms with Crippen molar-refractivity contribution in [3.05, 3.63) is 96.6 Å². The van der Waals surface area contributed by atoms with E-state index in [1.807, 2.05) is 63.4 Å². The van der Waals surface area contributed by atoms with Crippen LogP contribution in [-0.4, -0.2) is 7.05 Å². The van der Waals surface area contributed by atoms with Gasteiger partial charge in [0.1, 0.15) is 0 Å². The molecular formula is C24H29N. The van der Waals surface area contributed by atoms with Gasteiger partial charge in [-0.3, -0.25) is 0 Å². The lowest BCUT2D eigenvalue weighted by Gasteiger charge is -2.12. The van der Waals surface area contributed by atoms with Crippen molar-refractivity contribution in [2.45, 2.75) is 20.8 Å². The summed E-state index contributed by atoms with van der Waals surface area (Å²) in [5.74, 6) is 0. The predicted molar refractivity (Wildman–Crippen MR) is 114 cm³/mol. The van der Waals surface area contributed by atoms with Crippen LogP contribution in [0.3, 0.4) is 0 Å². The molecule has 3 rings (SSSR count). The fourth-order valence-electron chi connectivity index (χ4n) is 2.45. The molecule has 0 fully saturated rings.